The van der Waals surface area contributed by atoms with E-state index in [9.17, 15) is 4.79 Å². The smallest absolute Gasteiger partial charge is 0.234 e. The first-order valence-corrected chi connectivity index (χ1v) is 7.73. The van der Waals surface area contributed by atoms with Crippen LogP contribution in [-0.4, -0.2) is 49.2 Å². The van der Waals surface area contributed by atoms with Crippen molar-refractivity contribution in [1.29, 1.82) is 0 Å². The Balaban J connectivity index is 1.71. The lowest BCUT2D eigenvalue weighted by molar-refractivity contribution is -0.125. The molecule has 0 spiro atoms. The van der Waals surface area contributed by atoms with Gasteiger partial charge in [-0.3, -0.25) is 9.69 Å². The molecular formula is C17H26N2O2. The minimum atomic E-state index is 0.102. The molecule has 116 valence electrons. The van der Waals surface area contributed by atoms with Gasteiger partial charge in [-0.1, -0.05) is 24.3 Å². The van der Waals surface area contributed by atoms with Gasteiger partial charge in [-0.25, -0.2) is 0 Å². The van der Waals surface area contributed by atoms with Crippen molar-refractivity contribution in [3.05, 3.63) is 35.4 Å². The Bertz CT molecular complexity index is 466. The SMILES string of the molecule is Cc1ccccc1CCNC(=O)CN1C[C@@H](C)O[C@@H](C)C1. The second-order valence-corrected chi connectivity index (χ2v) is 5.98. The lowest BCUT2D eigenvalue weighted by Gasteiger charge is -2.34. The number of carbonyl (C=O) groups is 1. The van der Waals surface area contributed by atoms with E-state index >= 15 is 0 Å². The molecule has 0 aromatic heterocycles. The number of hydrogen-bond donors (Lipinski definition) is 1. The predicted molar refractivity (Wildman–Crippen MR) is 84.3 cm³/mol. The lowest BCUT2D eigenvalue weighted by Crippen LogP contribution is -2.49. The van der Waals surface area contributed by atoms with Crippen LogP contribution in [0.15, 0.2) is 24.3 Å². The van der Waals surface area contributed by atoms with Crippen molar-refractivity contribution in [2.75, 3.05) is 26.2 Å². The number of nitrogens with one attached hydrogen (secondary N) is 1. The third-order valence-electron chi connectivity index (χ3n) is 3.84. The number of hydrogen-bond acceptors (Lipinski definition) is 3. The topological polar surface area (TPSA) is 41.6 Å². The van der Waals surface area contributed by atoms with Crippen molar-refractivity contribution >= 4 is 5.91 Å². The molecule has 1 N–H and O–H groups in total. The third-order valence-corrected chi connectivity index (χ3v) is 3.84. The summed E-state index contributed by atoms with van der Waals surface area (Å²) in [5.74, 6) is 0.102. The number of carbonyl (C=O) groups excluding carboxylic acids is 1. The fraction of sp³-hybridized carbons (Fsp3) is 0.588. The third kappa shape index (κ3) is 5.14. The molecule has 0 saturated carbocycles. The summed E-state index contributed by atoms with van der Waals surface area (Å²) in [4.78, 5) is 14.2. The van der Waals surface area contributed by atoms with E-state index in [0.29, 0.717) is 13.1 Å². The maximum absolute atomic E-state index is 12.0. The summed E-state index contributed by atoms with van der Waals surface area (Å²) in [5.41, 5.74) is 2.58. The highest BCUT2D eigenvalue weighted by atomic mass is 16.5. The van der Waals surface area contributed by atoms with Gasteiger partial charge < -0.3 is 10.1 Å². The molecule has 1 aromatic rings. The molecule has 2 atom stereocenters. The average Bonchev–Trinajstić information content (AvgIpc) is 2.39. The van der Waals surface area contributed by atoms with Crippen LogP contribution >= 0.6 is 0 Å². The van der Waals surface area contributed by atoms with Crippen molar-refractivity contribution in [3.63, 3.8) is 0 Å². The minimum absolute atomic E-state index is 0.102. The second-order valence-electron chi connectivity index (χ2n) is 5.98. The van der Waals surface area contributed by atoms with Gasteiger partial charge in [0.15, 0.2) is 0 Å². The second kappa shape index (κ2) is 7.57. The van der Waals surface area contributed by atoms with Gasteiger partial charge in [-0.2, -0.15) is 0 Å². The summed E-state index contributed by atoms with van der Waals surface area (Å²) in [6, 6.07) is 8.30. The van der Waals surface area contributed by atoms with E-state index in [-0.39, 0.29) is 18.1 Å². The molecule has 0 radical (unpaired) electrons. The van der Waals surface area contributed by atoms with E-state index < -0.39 is 0 Å². The van der Waals surface area contributed by atoms with Crippen LogP contribution in [0.5, 0.6) is 0 Å². The maximum Gasteiger partial charge on any atom is 0.234 e. The fourth-order valence-corrected chi connectivity index (χ4v) is 2.90. The monoisotopic (exact) mass is 290 g/mol. The highest BCUT2D eigenvalue weighted by Gasteiger charge is 2.23. The Hall–Kier alpha value is -1.39. The van der Waals surface area contributed by atoms with Gasteiger partial charge in [0.05, 0.1) is 18.8 Å². The van der Waals surface area contributed by atoms with Gasteiger partial charge in [0, 0.05) is 19.6 Å². The van der Waals surface area contributed by atoms with E-state index in [4.69, 9.17) is 4.74 Å². The fourth-order valence-electron chi connectivity index (χ4n) is 2.90. The Labute approximate surface area is 127 Å². The van der Waals surface area contributed by atoms with E-state index in [1.54, 1.807) is 0 Å². The molecular weight excluding hydrogens is 264 g/mol. The molecule has 1 saturated heterocycles. The number of nitrogens with zero attached hydrogens (tertiary/aromatic N) is 1. The highest BCUT2D eigenvalue weighted by Crippen LogP contribution is 2.10. The molecule has 2 rings (SSSR count). The molecule has 4 heteroatoms. The van der Waals surface area contributed by atoms with Crippen LogP contribution in [0.25, 0.3) is 0 Å². The molecule has 1 heterocycles. The Morgan fingerprint density at radius 1 is 1.29 bits per heavy atom. The molecule has 0 unspecified atom stereocenters. The summed E-state index contributed by atoms with van der Waals surface area (Å²) in [6.07, 6.45) is 1.29. The van der Waals surface area contributed by atoms with Crippen LogP contribution in [0.1, 0.15) is 25.0 Å². The summed E-state index contributed by atoms with van der Waals surface area (Å²) in [5, 5.41) is 3.01. The molecule has 1 aromatic carbocycles. The van der Waals surface area contributed by atoms with E-state index in [1.165, 1.54) is 11.1 Å². The van der Waals surface area contributed by atoms with Crippen molar-refractivity contribution in [2.45, 2.75) is 39.4 Å². The van der Waals surface area contributed by atoms with Gasteiger partial charge in [-0.15, -0.1) is 0 Å². The van der Waals surface area contributed by atoms with Crippen LogP contribution in [-0.2, 0) is 16.0 Å². The number of ether oxygens (including phenoxy) is 1. The number of morpholine rings is 1. The first-order valence-electron chi connectivity index (χ1n) is 7.73. The first-order chi connectivity index (χ1) is 10.0. The van der Waals surface area contributed by atoms with Gasteiger partial charge in [0.1, 0.15) is 0 Å². The molecule has 1 aliphatic heterocycles. The molecule has 0 aliphatic carbocycles. The zero-order chi connectivity index (χ0) is 15.2. The molecule has 1 fully saturated rings. The maximum atomic E-state index is 12.0. The lowest BCUT2D eigenvalue weighted by atomic mass is 10.1. The molecule has 21 heavy (non-hydrogen) atoms. The molecule has 0 bridgehead atoms. The van der Waals surface area contributed by atoms with Crippen molar-refractivity contribution < 1.29 is 9.53 Å². The summed E-state index contributed by atoms with van der Waals surface area (Å²) in [6.45, 7) is 9.03. The quantitative estimate of drug-likeness (QED) is 0.898. The number of benzene rings is 1. The van der Waals surface area contributed by atoms with Gasteiger partial charge in [0.2, 0.25) is 5.91 Å². The standard InChI is InChI=1S/C17H26N2O2/c1-13-6-4-5-7-16(13)8-9-18-17(20)12-19-10-14(2)21-15(3)11-19/h4-7,14-15H,8-12H2,1-3H3,(H,18,20)/t14-,15+. The molecule has 1 amide bonds. The van der Waals surface area contributed by atoms with E-state index in [1.807, 2.05) is 12.1 Å². The summed E-state index contributed by atoms with van der Waals surface area (Å²) in [7, 11) is 0. The average molecular weight is 290 g/mol. The van der Waals surface area contributed by atoms with E-state index in [2.05, 4.69) is 43.1 Å². The van der Waals surface area contributed by atoms with Gasteiger partial charge >= 0.3 is 0 Å². The van der Waals surface area contributed by atoms with E-state index in [0.717, 1.165) is 19.5 Å². The van der Waals surface area contributed by atoms with Crippen LogP contribution in [0.2, 0.25) is 0 Å². The first kappa shape index (κ1) is 16.0. The zero-order valence-electron chi connectivity index (χ0n) is 13.3. The molecule has 1 aliphatic rings. The van der Waals surface area contributed by atoms with Gasteiger partial charge in [-0.05, 0) is 38.3 Å². The van der Waals surface area contributed by atoms with Crippen molar-refractivity contribution in [3.8, 4) is 0 Å². The zero-order valence-corrected chi connectivity index (χ0v) is 13.3. The Morgan fingerprint density at radius 3 is 2.62 bits per heavy atom. The van der Waals surface area contributed by atoms with Crippen LogP contribution in [0.3, 0.4) is 0 Å². The number of amides is 1. The Kier molecular flexibility index (Phi) is 5.76. The summed E-state index contributed by atoms with van der Waals surface area (Å²) < 4.78 is 5.68. The van der Waals surface area contributed by atoms with Crippen molar-refractivity contribution in [1.82, 2.24) is 10.2 Å². The van der Waals surface area contributed by atoms with Gasteiger partial charge in [0.25, 0.3) is 0 Å². The van der Waals surface area contributed by atoms with Crippen molar-refractivity contribution in [2.24, 2.45) is 0 Å². The van der Waals surface area contributed by atoms with Crippen LogP contribution < -0.4 is 5.32 Å². The minimum Gasteiger partial charge on any atom is -0.373 e. The largest absolute Gasteiger partial charge is 0.373 e. The number of aryl methyl sites for hydroxylation is 1. The number of rotatable bonds is 5. The Morgan fingerprint density at radius 2 is 1.95 bits per heavy atom. The predicted octanol–water partition coefficient (Wildman–Crippen LogP) is 1.76. The normalized spacial score (nSPS) is 23.0. The van der Waals surface area contributed by atoms with Crippen LogP contribution in [0.4, 0.5) is 0 Å². The summed E-state index contributed by atoms with van der Waals surface area (Å²) >= 11 is 0. The molecule has 4 nitrogen and oxygen atoms in total. The highest BCUT2D eigenvalue weighted by molar-refractivity contribution is 5.78. The van der Waals surface area contributed by atoms with Crippen LogP contribution in [0, 0.1) is 6.92 Å².